The molecule has 0 saturated heterocycles. The highest BCUT2D eigenvalue weighted by Gasteiger charge is 2.26. The summed E-state index contributed by atoms with van der Waals surface area (Å²) in [6.45, 7) is 2.63. The normalized spacial score (nSPS) is 11.8. The Kier molecular flexibility index (Phi) is 2.46. The standard InChI is InChI=1S/C11H10F2N2O/c1-11(2,13)10-14-9(15-16-10)7-4-3-5-8(12)6-7/h3-6H,1-2H3. The highest BCUT2D eigenvalue weighted by atomic mass is 19.1. The Labute approximate surface area is 91.1 Å². The van der Waals surface area contributed by atoms with Crippen molar-refractivity contribution >= 4 is 0 Å². The fraction of sp³-hybridized carbons (Fsp3) is 0.273. The third-order valence-electron chi connectivity index (χ3n) is 2.02. The molecule has 16 heavy (non-hydrogen) atoms. The van der Waals surface area contributed by atoms with Crippen molar-refractivity contribution in [2.45, 2.75) is 19.5 Å². The summed E-state index contributed by atoms with van der Waals surface area (Å²) in [5, 5.41) is 3.60. The Hall–Kier alpha value is -1.78. The van der Waals surface area contributed by atoms with Gasteiger partial charge in [0.15, 0.2) is 5.67 Å². The van der Waals surface area contributed by atoms with Gasteiger partial charge in [-0.25, -0.2) is 8.78 Å². The number of halogens is 2. The molecule has 0 aliphatic carbocycles. The minimum Gasteiger partial charge on any atom is -0.335 e. The molecule has 0 amide bonds. The van der Waals surface area contributed by atoms with E-state index >= 15 is 0 Å². The van der Waals surface area contributed by atoms with Crippen molar-refractivity contribution in [2.24, 2.45) is 0 Å². The van der Waals surface area contributed by atoms with Crippen LogP contribution in [-0.2, 0) is 5.67 Å². The maximum atomic E-state index is 13.5. The molecule has 0 saturated carbocycles. The maximum Gasteiger partial charge on any atom is 0.264 e. The monoisotopic (exact) mass is 224 g/mol. The van der Waals surface area contributed by atoms with Gasteiger partial charge in [0.1, 0.15) is 5.82 Å². The molecule has 0 bridgehead atoms. The number of rotatable bonds is 2. The van der Waals surface area contributed by atoms with E-state index < -0.39 is 11.5 Å². The minimum absolute atomic E-state index is 0.119. The summed E-state index contributed by atoms with van der Waals surface area (Å²) in [5.41, 5.74) is -1.24. The zero-order chi connectivity index (χ0) is 11.8. The molecule has 2 aromatic rings. The van der Waals surface area contributed by atoms with E-state index in [1.165, 1.54) is 32.0 Å². The van der Waals surface area contributed by atoms with Crippen LogP contribution in [-0.4, -0.2) is 10.1 Å². The molecule has 1 aromatic carbocycles. The average molecular weight is 224 g/mol. The van der Waals surface area contributed by atoms with Crippen LogP contribution in [0.25, 0.3) is 11.4 Å². The van der Waals surface area contributed by atoms with Crippen LogP contribution in [0.4, 0.5) is 8.78 Å². The second-order valence-corrected chi connectivity index (χ2v) is 3.91. The Balaban J connectivity index is 2.39. The zero-order valence-electron chi connectivity index (χ0n) is 8.87. The lowest BCUT2D eigenvalue weighted by Gasteiger charge is -2.05. The molecule has 0 N–H and O–H groups in total. The second-order valence-electron chi connectivity index (χ2n) is 3.91. The van der Waals surface area contributed by atoms with Gasteiger partial charge in [-0.15, -0.1) is 0 Å². The summed E-state index contributed by atoms with van der Waals surface area (Å²) in [5.74, 6) is -0.338. The van der Waals surface area contributed by atoms with Gasteiger partial charge in [-0.2, -0.15) is 4.98 Å². The quantitative estimate of drug-likeness (QED) is 0.786. The number of hydrogen-bond acceptors (Lipinski definition) is 3. The van der Waals surface area contributed by atoms with Crippen LogP contribution >= 0.6 is 0 Å². The van der Waals surface area contributed by atoms with Gasteiger partial charge in [0.05, 0.1) is 0 Å². The van der Waals surface area contributed by atoms with Gasteiger partial charge in [0, 0.05) is 5.56 Å². The van der Waals surface area contributed by atoms with Crippen LogP contribution in [0.3, 0.4) is 0 Å². The van der Waals surface area contributed by atoms with Crippen LogP contribution < -0.4 is 0 Å². The Morgan fingerprint density at radius 2 is 2.06 bits per heavy atom. The summed E-state index contributed by atoms with van der Waals surface area (Å²) in [6.07, 6.45) is 0. The minimum atomic E-state index is -1.70. The summed E-state index contributed by atoms with van der Waals surface area (Å²) in [7, 11) is 0. The van der Waals surface area contributed by atoms with E-state index in [9.17, 15) is 8.78 Å². The topological polar surface area (TPSA) is 38.9 Å². The molecule has 0 fully saturated rings. The van der Waals surface area contributed by atoms with Crippen LogP contribution in [0.1, 0.15) is 19.7 Å². The number of alkyl halides is 1. The molecule has 3 nitrogen and oxygen atoms in total. The fourth-order valence-corrected chi connectivity index (χ4v) is 1.21. The van der Waals surface area contributed by atoms with Crippen molar-refractivity contribution in [1.29, 1.82) is 0 Å². The summed E-state index contributed by atoms with van der Waals surface area (Å²) < 4.78 is 31.2. The molecule has 1 aromatic heterocycles. The molecule has 2 rings (SSSR count). The molecule has 0 unspecified atom stereocenters. The van der Waals surface area contributed by atoms with Crippen LogP contribution in [0.2, 0.25) is 0 Å². The Morgan fingerprint density at radius 1 is 1.31 bits per heavy atom. The number of benzene rings is 1. The molecular formula is C11H10F2N2O. The third-order valence-corrected chi connectivity index (χ3v) is 2.02. The van der Waals surface area contributed by atoms with Gasteiger partial charge in [-0.1, -0.05) is 17.3 Å². The lowest BCUT2D eigenvalue weighted by Crippen LogP contribution is -2.09. The van der Waals surface area contributed by atoms with E-state index in [-0.39, 0.29) is 11.7 Å². The molecule has 0 aliphatic heterocycles. The molecule has 5 heteroatoms. The molecular weight excluding hydrogens is 214 g/mol. The first kappa shape index (κ1) is 10.7. The van der Waals surface area contributed by atoms with Crippen molar-refractivity contribution in [3.8, 4) is 11.4 Å². The van der Waals surface area contributed by atoms with Crippen molar-refractivity contribution in [2.75, 3.05) is 0 Å². The second kappa shape index (κ2) is 3.66. The van der Waals surface area contributed by atoms with Gasteiger partial charge in [0.25, 0.3) is 5.89 Å². The van der Waals surface area contributed by atoms with E-state index in [0.717, 1.165) is 0 Å². The van der Waals surface area contributed by atoms with E-state index in [2.05, 4.69) is 10.1 Å². The zero-order valence-corrected chi connectivity index (χ0v) is 8.87. The number of aromatic nitrogens is 2. The first-order valence-corrected chi connectivity index (χ1v) is 4.76. The lowest BCUT2D eigenvalue weighted by molar-refractivity contribution is 0.155. The first-order valence-electron chi connectivity index (χ1n) is 4.76. The van der Waals surface area contributed by atoms with Crippen molar-refractivity contribution in [3.05, 3.63) is 36.0 Å². The SMILES string of the molecule is CC(C)(F)c1nc(-c2cccc(F)c2)no1. The van der Waals surface area contributed by atoms with Crippen LogP contribution in [0.15, 0.2) is 28.8 Å². The Morgan fingerprint density at radius 3 is 2.62 bits per heavy atom. The van der Waals surface area contributed by atoms with E-state index in [0.29, 0.717) is 5.56 Å². The third kappa shape index (κ3) is 2.08. The molecule has 84 valence electrons. The largest absolute Gasteiger partial charge is 0.335 e. The maximum absolute atomic E-state index is 13.5. The van der Waals surface area contributed by atoms with Gasteiger partial charge < -0.3 is 4.52 Å². The first-order chi connectivity index (χ1) is 7.47. The molecule has 0 spiro atoms. The van der Waals surface area contributed by atoms with E-state index in [1.807, 2.05) is 0 Å². The summed E-state index contributed by atoms with van der Waals surface area (Å²) >= 11 is 0. The van der Waals surface area contributed by atoms with Crippen LogP contribution in [0.5, 0.6) is 0 Å². The van der Waals surface area contributed by atoms with Crippen molar-refractivity contribution in [1.82, 2.24) is 10.1 Å². The lowest BCUT2D eigenvalue weighted by atomic mass is 10.2. The van der Waals surface area contributed by atoms with Crippen molar-refractivity contribution in [3.63, 3.8) is 0 Å². The van der Waals surface area contributed by atoms with E-state index in [1.54, 1.807) is 6.07 Å². The summed E-state index contributed by atoms with van der Waals surface area (Å²) in [4.78, 5) is 3.87. The van der Waals surface area contributed by atoms with Gasteiger partial charge in [-0.3, -0.25) is 0 Å². The molecule has 0 aliphatic rings. The predicted octanol–water partition coefficient (Wildman–Crippen LogP) is 3.08. The van der Waals surface area contributed by atoms with Gasteiger partial charge in [-0.05, 0) is 26.0 Å². The molecule has 0 radical (unpaired) electrons. The number of hydrogen-bond donors (Lipinski definition) is 0. The van der Waals surface area contributed by atoms with Gasteiger partial charge >= 0.3 is 0 Å². The molecule has 0 atom stereocenters. The van der Waals surface area contributed by atoms with E-state index in [4.69, 9.17) is 4.52 Å². The predicted molar refractivity (Wildman–Crippen MR) is 53.8 cm³/mol. The van der Waals surface area contributed by atoms with Crippen molar-refractivity contribution < 1.29 is 13.3 Å². The highest BCUT2D eigenvalue weighted by Crippen LogP contribution is 2.25. The smallest absolute Gasteiger partial charge is 0.264 e. The highest BCUT2D eigenvalue weighted by molar-refractivity contribution is 5.53. The van der Waals surface area contributed by atoms with Gasteiger partial charge in [0.2, 0.25) is 5.82 Å². The average Bonchev–Trinajstić information content (AvgIpc) is 2.65. The Bertz CT molecular complexity index is 503. The van der Waals surface area contributed by atoms with Crippen LogP contribution in [0, 0.1) is 5.82 Å². The summed E-state index contributed by atoms with van der Waals surface area (Å²) in [6, 6.07) is 5.73. The molecule has 1 heterocycles. The fourth-order valence-electron chi connectivity index (χ4n) is 1.21. The number of nitrogens with zero attached hydrogens (tertiary/aromatic N) is 2.